The summed E-state index contributed by atoms with van der Waals surface area (Å²) < 4.78 is 10.9. The number of hydrogen-bond acceptors (Lipinski definition) is 5. The molecule has 0 aliphatic rings. The molecule has 0 saturated carbocycles. The van der Waals surface area contributed by atoms with E-state index in [1.54, 1.807) is 0 Å². The molecule has 5 nitrogen and oxygen atoms in total. The van der Waals surface area contributed by atoms with Crippen LogP contribution in [0.5, 0.6) is 0 Å². The number of nitrogens with zero attached hydrogens (tertiary/aromatic N) is 3. The number of hydrogen-bond donors (Lipinski definition) is 0. The van der Waals surface area contributed by atoms with Crippen molar-refractivity contribution < 1.29 is 8.94 Å². The summed E-state index contributed by atoms with van der Waals surface area (Å²) in [4.78, 5) is 0. The van der Waals surface area contributed by atoms with E-state index in [1.165, 1.54) is 0 Å². The number of rotatable bonds is 0. The lowest BCUT2D eigenvalue weighted by Crippen LogP contribution is -2.12. The Balaban J connectivity index is 0.000000260. The molecule has 0 N–H and O–H groups in total. The first-order valence-corrected chi connectivity index (χ1v) is 9.24. The van der Waals surface area contributed by atoms with Gasteiger partial charge in [-0.3, -0.25) is 0 Å². The third kappa shape index (κ3) is 6.26. The van der Waals surface area contributed by atoms with E-state index in [1.807, 2.05) is 0 Å². The predicted octanol–water partition coefficient (Wildman–Crippen LogP) is 5.93. The predicted molar refractivity (Wildman–Crippen MR) is 106 cm³/mol. The van der Waals surface area contributed by atoms with E-state index in [-0.39, 0.29) is 21.7 Å². The van der Waals surface area contributed by atoms with Crippen LogP contribution in [0.2, 0.25) is 0 Å². The first-order chi connectivity index (χ1) is 11.4. The highest BCUT2D eigenvalue weighted by Gasteiger charge is 2.26. The van der Waals surface area contributed by atoms with E-state index in [9.17, 15) is 0 Å². The highest BCUT2D eigenvalue weighted by Crippen LogP contribution is 2.28. The molecule has 2 rings (SSSR count). The van der Waals surface area contributed by atoms with Crippen molar-refractivity contribution in [1.82, 2.24) is 15.4 Å². The summed E-state index contributed by atoms with van der Waals surface area (Å²) in [6.07, 6.45) is 0. The second-order valence-electron chi connectivity index (χ2n) is 11.0. The van der Waals surface area contributed by atoms with E-state index in [0.717, 1.165) is 11.5 Å². The summed E-state index contributed by atoms with van der Waals surface area (Å²) in [7, 11) is 0. The zero-order valence-electron chi connectivity index (χ0n) is 18.7. The van der Waals surface area contributed by atoms with E-state index < -0.39 is 0 Å². The molecule has 0 aliphatic carbocycles. The van der Waals surface area contributed by atoms with Gasteiger partial charge in [0.05, 0.1) is 5.69 Å². The van der Waals surface area contributed by atoms with Gasteiger partial charge in [-0.2, -0.15) is 0 Å². The topological polar surface area (TPSA) is 65.0 Å². The van der Waals surface area contributed by atoms with Crippen molar-refractivity contribution in [3.63, 3.8) is 0 Å². The van der Waals surface area contributed by atoms with Crippen LogP contribution in [0.25, 0.3) is 0 Å². The first kappa shape index (κ1) is 22.4. The SMILES string of the molecule is CC(C)(C)c1cc(C(C)(C)C)on1.CC(C)(C)c1nnc(C(C)(C)C)o1. The molecule has 2 aromatic heterocycles. The lowest BCUT2D eigenvalue weighted by Gasteiger charge is -2.14. The van der Waals surface area contributed by atoms with Gasteiger partial charge in [-0.1, -0.05) is 88.2 Å². The van der Waals surface area contributed by atoms with Gasteiger partial charge in [-0.15, -0.1) is 10.2 Å². The molecule has 0 unspecified atom stereocenters. The summed E-state index contributed by atoms with van der Waals surface area (Å²) >= 11 is 0. The minimum atomic E-state index is -0.0590. The van der Waals surface area contributed by atoms with E-state index in [4.69, 9.17) is 8.94 Å². The van der Waals surface area contributed by atoms with Crippen LogP contribution in [0, 0.1) is 0 Å². The van der Waals surface area contributed by atoms with E-state index >= 15 is 0 Å². The highest BCUT2D eigenvalue weighted by atomic mass is 16.5. The van der Waals surface area contributed by atoms with Gasteiger partial charge in [-0.05, 0) is 0 Å². The molecule has 0 radical (unpaired) electrons. The standard InChI is InChI=1S/C11H19NO.C10H18N2O/c1-10(2,3)8-7-9(13-12-8)11(4,5)6;1-9(2,3)7-11-12-8(13-7)10(4,5)6/h7H,1-6H3;1-6H3. The third-order valence-corrected chi connectivity index (χ3v) is 3.73. The second-order valence-corrected chi connectivity index (χ2v) is 11.0. The fourth-order valence-electron chi connectivity index (χ4n) is 1.81. The van der Waals surface area contributed by atoms with Gasteiger partial charge in [0, 0.05) is 27.7 Å². The van der Waals surface area contributed by atoms with Gasteiger partial charge >= 0.3 is 0 Å². The molecule has 2 aromatic rings. The molecular formula is C21H37N3O2. The second kappa shape index (κ2) is 7.16. The fourth-order valence-corrected chi connectivity index (χ4v) is 1.81. The maximum Gasteiger partial charge on any atom is 0.221 e. The summed E-state index contributed by atoms with van der Waals surface area (Å²) in [6, 6.07) is 2.06. The Hall–Kier alpha value is -1.65. The monoisotopic (exact) mass is 363 g/mol. The van der Waals surface area contributed by atoms with Crippen LogP contribution in [-0.2, 0) is 21.7 Å². The van der Waals surface area contributed by atoms with Crippen LogP contribution < -0.4 is 0 Å². The molecule has 2 heterocycles. The average molecular weight is 364 g/mol. The van der Waals surface area contributed by atoms with Gasteiger partial charge in [-0.25, -0.2) is 0 Å². The van der Waals surface area contributed by atoms with Crippen LogP contribution in [0.3, 0.4) is 0 Å². The van der Waals surface area contributed by atoms with E-state index in [0.29, 0.717) is 11.8 Å². The first-order valence-electron chi connectivity index (χ1n) is 9.24. The van der Waals surface area contributed by atoms with Crippen molar-refractivity contribution in [3.05, 3.63) is 29.3 Å². The quantitative estimate of drug-likeness (QED) is 0.580. The van der Waals surface area contributed by atoms with Crippen molar-refractivity contribution in [2.75, 3.05) is 0 Å². The Labute approximate surface area is 159 Å². The summed E-state index contributed by atoms with van der Waals surface area (Å²) in [5.41, 5.74) is 1.04. The molecule has 0 saturated heterocycles. The Morgan fingerprint density at radius 2 is 1.04 bits per heavy atom. The highest BCUT2D eigenvalue weighted by molar-refractivity contribution is 5.18. The van der Waals surface area contributed by atoms with Crippen molar-refractivity contribution in [2.45, 2.75) is 105 Å². The van der Waals surface area contributed by atoms with Crippen molar-refractivity contribution in [1.29, 1.82) is 0 Å². The van der Waals surface area contributed by atoms with Crippen molar-refractivity contribution in [3.8, 4) is 0 Å². The Kier molecular flexibility index (Phi) is 6.17. The van der Waals surface area contributed by atoms with Gasteiger partial charge in [0.25, 0.3) is 0 Å². The summed E-state index contributed by atoms with van der Waals surface area (Å²) in [5, 5.41) is 12.2. The normalized spacial score (nSPS) is 13.4. The minimum Gasteiger partial charge on any atom is -0.424 e. The molecule has 0 spiro atoms. The molecule has 0 amide bonds. The lowest BCUT2D eigenvalue weighted by atomic mass is 9.88. The Bertz CT molecular complexity index is 580. The fraction of sp³-hybridized carbons (Fsp3) is 0.762. The minimum absolute atomic E-state index is 0.0521. The van der Waals surface area contributed by atoms with Crippen LogP contribution in [0.15, 0.2) is 15.0 Å². The van der Waals surface area contributed by atoms with Gasteiger partial charge in [0.1, 0.15) is 5.76 Å². The smallest absolute Gasteiger partial charge is 0.221 e. The molecule has 0 aromatic carbocycles. The van der Waals surface area contributed by atoms with Crippen molar-refractivity contribution >= 4 is 0 Å². The maximum absolute atomic E-state index is 5.59. The molecule has 5 heteroatoms. The molecule has 148 valence electrons. The zero-order valence-corrected chi connectivity index (χ0v) is 18.7. The Morgan fingerprint density at radius 1 is 0.615 bits per heavy atom. The van der Waals surface area contributed by atoms with E-state index in [2.05, 4.69) is 105 Å². The third-order valence-electron chi connectivity index (χ3n) is 3.73. The van der Waals surface area contributed by atoms with Gasteiger partial charge in [0.2, 0.25) is 11.8 Å². The van der Waals surface area contributed by atoms with Gasteiger partial charge < -0.3 is 8.94 Å². The molecule has 0 fully saturated rings. The largest absolute Gasteiger partial charge is 0.424 e. The molecular weight excluding hydrogens is 326 g/mol. The summed E-state index contributed by atoms with van der Waals surface area (Å²) in [5.74, 6) is 2.37. The van der Waals surface area contributed by atoms with Gasteiger partial charge in [0.15, 0.2) is 0 Å². The Morgan fingerprint density at radius 3 is 1.23 bits per heavy atom. The van der Waals surface area contributed by atoms with Crippen LogP contribution in [0.1, 0.15) is 106 Å². The molecule has 26 heavy (non-hydrogen) atoms. The van der Waals surface area contributed by atoms with Crippen LogP contribution in [0.4, 0.5) is 0 Å². The molecule has 0 aliphatic heterocycles. The molecule has 0 atom stereocenters. The van der Waals surface area contributed by atoms with Crippen LogP contribution >= 0.6 is 0 Å². The van der Waals surface area contributed by atoms with Crippen LogP contribution in [-0.4, -0.2) is 15.4 Å². The lowest BCUT2D eigenvalue weighted by molar-refractivity contribution is 0.319. The average Bonchev–Trinajstić information content (AvgIpc) is 3.06. The zero-order chi connectivity index (χ0) is 20.6. The van der Waals surface area contributed by atoms with Crippen molar-refractivity contribution in [2.24, 2.45) is 0 Å². The molecule has 0 bridgehead atoms. The summed E-state index contributed by atoms with van der Waals surface area (Å²) in [6.45, 7) is 25.2. The number of aromatic nitrogens is 3. The maximum atomic E-state index is 5.59.